The van der Waals surface area contributed by atoms with E-state index in [1.165, 1.54) is 12.1 Å². The predicted octanol–water partition coefficient (Wildman–Crippen LogP) is 1.37. The third-order valence-corrected chi connectivity index (χ3v) is 8.07. The van der Waals surface area contributed by atoms with Gasteiger partial charge < -0.3 is 10.2 Å². The van der Waals surface area contributed by atoms with E-state index in [2.05, 4.69) is 0 Å². The maximum atomic E-state index is 14.2. The number of nitro benzene ring substituents is 1. The van der Waals surface area contributed by atoms with Gasteiger partial charge in [0.15, 0.2) is 12.4 Å². The average Bonchev–Trinajstić information content (AvgIpc) is 3.43. The monoisotopic (exact) mass is 525 g/mol. The van der Waals surface area contributed by atoms with Crippen LogP contribution in [0.15, 0.2) is 73.1 Å². The molecular formula is C28H23N5O6+2. The first-order valence-electron chi connectivity index (χ1n) is 12.5. The Morgan fingerprint density at radius 1 is 0.974 bits per heavy atom. The Kier molecular flexibility index (Phi) is 4.87. The number of aliphatic hydroxyl groups is 2. The molecule has 0 saturated carbocycles. The minimum Gasteiger partial charge on any atom is -0.392 e. The number of nitrogens with zero attached hydrogens (tertiary/aromatic N) is 5. The van der Waals surface area contributed by atoms with Crippen LogP contribution < -0.4 is 9.13 Å². The van der Waals surface area contributed by atoms with Crippen LogP contribution in [-0.4, -0.2) is 36.8 Å². The number of carbonyl (C=O) groups excluding carboxylic acids is 2. The van der Waals surface area contributed by atoms with E-state index in [9.17, 15) is 29.9 Å². The Morgan fingerprint density at radius 2 is 1.69 bits per heavy atom. The second-order valence-corrected chi connectivity index (χ2v) is 9.95. The molecule has 5 heterocycles. The summed E-state index contributed by atoms with van der Waals surface area (Å²) in [6.45, 7) is -0.723. The molecule has 1 fully saturated rings. The molecule has 2 N–H and O–H groups in total. The number of benzene rings is 2. The lowest BCUT2D eigenvalue weighted by Gasteiger charge is -2.39. The third-order valence-electron chi connectivity index (χ3n) is 8.07. The summed E-state index contributed by atoms with van der Waals surface area (Å²) in [5.41, 5.74) is 1.46. The Hall–Kier alpha value is -4.74. The van der Waals surface area contributed by atoms with E-state index in [1.54, 1.807) is 38.8 Å². The zero-order valence-corrected chi connectivity index (χ0v) is 20.6. The Balaban J connectivity index is 1.55. The maximum absolute atomic E-state index is 14.2. The number of amides is 2. The number of hydrogen-bond acceptors (Lipinski definition) is 6. The summed E-state index contributed by atoms with van der Waals surface area (Å²) in [5.74, 6) is -2.08. The predicted molar refractivity (Wildman–Crippen MR) is 133 cm³/mol. The van der Waals surface area contributed by atoms with Crippen LogP contribution in [0.1, 0.15) is 45.3 Å². The largest absolute Gasteiger partial charge is 0.550 e. The molecule has 0 radical (unpaired) electrons. The molecule has 4 aromatic rings. The van der Waals surface area contributed by atoms with Gasteiger partial charge in [0.05, 0.1) is 36.2 Å². The first kappa shape index (κ1) is 23.4. The quantitative estimate of drug-likeness (QED) is 0.235. The number of aliphatic hydroxyl groups excluding tert-OH is 2. The van der Waals surface area contributed by atoms with Gasteiger partial charge in [-0.25, -0.2) is 0 Å². The van der Waals surface area contributed by atoms with Gasteiger partial charge in [-0.3, -0.25) is 19.7 Å². The van der Waals surface area contributed by atoms with E-state index >= 15 is 0 Å². The van der Waals surface area contributed by atoms with Crippen LogP contribution in [0.4, 0.5) is 5.69 Å². The second kappa shape index (κ2) is 8.13. The number of fused-ring (bicyclic) bond motifs is 3. The zero-order valence-electron chi connectivity index (χ0n) is 20.6. The Labute approximate surface area is 221 Å². The molecule has 2 aromatic heterocycles. The van der Waals surface area contributed by atoms with Gasteiger partial charge in [-0.1, -0.05) is 27.3 Å². The fraction of sp³-hybridized carbons (Fsp3) is 0.214. The molecule has 11 heteroatoms. The van der Waals surface area contributed by atoms with Crippen LogP contribution in [0.2, 0.25) is 0 Å². The Bertz CT molecular complexity index is 1760. The fourth-order valence-corrected chi connectivity index (χ4v) is 6.41. The first-order chi connectivity index (χ1) is 18.9. The van der Waals surface area contributed by atoms with Gasteiger partial charge in [-0.2, -0.15) is 9.80 Å². The van der Waals surface area contributed by atoms with Gasteiger partial charge in [0, 0.05) is 29.7 Å². The van der Waals surface area contributed by atoms with E-state index in [0.717, 1.165) is 16.5 Å². The number of nitro groups is 1. The molecule has 1 saturated heterocycles. The van der Waals surface area contributed by atoms with Crippen LogP contribution in [0.25, 0.3) is 10.8 Å². The number of carbonyl (C=O) groups is 2. The molecule has 7 rings (SSSR count). The van der Waals surface area contributed by atoms with Crippen LogP contribution in [0.5, 0.6) is 0 Å². The number of hydrogen-bond donors (Lipinski definition) is 2. The van der Waals surface area contributed by atoms with E-state index in [-0.39, 0.29) is 41.6 Å². The summed E-state index contributed by atoms with van der Waals surface area (Å²) in [7, 11) is 0. The van der Waals surface area contributed by atoms with Crippen LogP contribution in [-0.2, 0) is 30.5 Å². The molecule has 3 aliphatic heterocycles. The molecule has 0 bridgehead atoms. The standard InChI is InChI=1S/C28H23N5O6/c34-15-19-10-22(25(33(38)39)11-20(19)16-35)24-12-26(36)31-14-21-9-17-5-1-2-6-18(17)13-30(21)28(31)29-8-4-3-7-23(29)27(37)32(24)28/h1-11,13,24,34-35H,12,14-16H2/q+2. The smallest absolute Gasteiger partial charge is 0.392 e. The number of aromatic nitrogens is 2. The minimum absolute atomic E-state index is 0.130. The topological polar surface area (TPSA) is 132 Å². The minimum atomic E-state index is -1.43. The lowest BCUT2D eigenvalue weighted by Crippen LogP contribution is -2.83. The highest BCUT2D eigenvalue weighted by Crippen LogP contribution is 2.47. The molecule has 39 heavy (non-hydrogen) atoms. The van der Waals surface area contributed by atoms with Crippen molar-refractivity contribution in [2.45, 2.75) is 38.1 Å². The molecule has 1 spiro atoms. The summed E-state index contributed by atoms with van der Waals surface area (Å²) in [5, 5.41) is 33.9. The summed E-state index contributed by atoms with van der Waals surface area (Å²) in [6, 6.07) is 16.6. The van der Waals surface area contributed by atoms with Gasteiger partial charge >= 0.3 is 11.8 Å². The highest BCUT2D eigenvalue weighted by atomic mass is 16.6. The van der Waals surface area contributed by atoms with Crippen LogP contribution in [0, 0.1) is 10.1 Å². The lowest BCUT2D eigenvalue weighted by atomic mass is 9.92. The fourth-order valence-electron chi connectivity index (χ4n) is 6.41. The van der Waals surface area contributed by atoms with Crippen molar-refractivity contribution in [2.75, 3.05) is 0 Å². The number of rotatable bonds is 4. The van der Waals surface area contributed by atoms with Crippen molar-refractivity contribution in [2.24, 2.45) is 0 Å². The molecule has 194 valence electrons. The molecule has 11 nitrogen and oxygen atoms in total. The van der Waals surface area contributed by atoms with Gasteiger partial charge in [-0.15, -0.1) is 0 Å². The van der Waals surface area contributed by atoms with Crippen molar-refractivity contribution in [3.8, 4) is 0 Å². The highest BCUT2D eigenvalue weighted by Gasteiger charge is 2.78. The molecule has 2 atom stereocenters. The molecule has 0 aliphatic carbocycles. The molecular weight excluding hydrogens is 502 g/mol. The number of pyridine rings is 2. The van der Waals surface area contributed by atoms with Gasteiger partial charge in [0.2, 0.25) is 11.6 Å². The van der Waals surface area contributed by atoms with Gasteiger partial charge in [0.1, 0.15) is 6.54 Å². The first-order valence-corrected chi connectivity index (χ1v) is 12.5. The van der Waals surface area contributed by atoms with Crippen LogP contribution in [0.3, 0.4) is 0 Å². The van der Waals surface area contributed by atoms with E-state index in [0.29, 0.717) is 11.3 Å². The van der Waals surface area contributed by atoms with E-state index in [1.807, 2.05) is 41.1 Å². The second-order valence-electron chi connectivity index (χ2n) is 9.95. The van der Waals surface area contributed by atoms with Crippen molar-refractivity contribution in [1.29, 1.82) is 0 Å². The average molecular weight is 526 g/mol. The normalized spacial score (nSPS) is 21.1. The summed E-state index contributed by atoms with van der Waals surface area (Å²) >= 11 is 0. The summed E-state index contributed by atoms with van der Waals surface area (Å²) in [4.78, 5) is 43.0. The summed E-state index contributed by atoms with van der Waals surface area (Å²) in [6.07, 6.45) is 3.48. The van der Waals surface area contributed by atoms with Crippen LogP contribution >= 0.6 is 0 Å². The molecule has 2 amide bonds. The lowest BCUT2D eigenvalue weighted by molar-refractivity contribution is -1.02. The highest BCUT2D eigenvalue weighted by molar-refractivity contribution is 5.95. The van der Waals surface area contributed by atoms with Crippen molar-refractivity contribution in [1.82, 2.24) is 9.80 Å². The molecule has 2 aromatic carbocycles. The van der Waals surface area contributed by atoms with Gasteiger partial charge in [-0.05, 0) is 34.7 Å². The molecule has 3 aliphatic rings. The molecule has 2 unspecified atom stereocenters. The van der Waals surface area contributed by atoms with E-state index in [4.69, 9.17) is 0 Å². The third kappa shape index (κ3) is 2.93. The summed E-state index contributed by atoms with van der Waals surface area (Å²) < 4.78 is 3.67. The maximum Gasteiger partial charge on any atom is 0.550 e. The zero-order chi connectivity index (χ0) is 27.1. The van der Waals surface area contributed by atoms with Crippen molar-refractivity contribution < 1.29 is 33.9 Å². The van der Waals surface area contributed by atoms with Crippen molar-refractivity contribution in [3.05, 3.63) is 111 Å². The Morgan fingerprint density at radius 3 is 2.44 bits per heavy atom. The SMILES string of the molecule is O=C1CC(c2cc(CO)c(CO)cc2[N+](=O)[O-])N2C(=O)c3cccc[n+]3C23N1Cc1cc2ccccc2c[n+]13. The van der Waals surface area contributed by atoms with Gasteiger partial charge in [0.25, 0.3) is 11.4 Å². The van der Waals surface area contributed by atoms with Crippen molar-refractivity contribution >= 4 is 28.3 Å². The van der Waals surface area contributed by atoms with E-state index < -0.39 is 30.1 Å². The van der Waals surface area contributed by atoms with Crippen molar-refractivity contribution in [3.63, 3.8) is 0 Å².